The number of fused-ring (bicyclic) bond motifs is 1. The first-order valence-electron chi connectivity index (χ1n) is 9.63. The van der Waals surface area contributed by atoms with Gasteiger partial charge in [0.05, 0.1) is 5.69 Å². The lowest BCUT2D eigenvalue weighted by molar-refractivity contribution is -0.142. The second-order valence-electron chi connectivity index (χ2n) is 7.87. The molecule has 0 aliphatic carbocycles. The minimum atomic E-state index is -1.08. The molecule has 154 valence electrons. The maximum absolute atomic E-state index is 13.0. The zero-order valence-electron chi connectivity index (χ0n) is 16.2. The van der Waals surface area contributed by atoms with Crippen molar-refractivity contribution in [3.63, 3.8) is 0 Å². The Morgan fingerprint density at radius 1 is 1.24 bits per heavy atom. The van der Waals surface area contributed by atoms with E-state index < -0.39 is 17.5 Å². The lowest BCUT2D eigenvalue weighted by atomic mass is 9.89. The van der Waals surface area contributed by atoms with Crippen LogP contribution in [-0.4, -0.2) is 80.3 Å². The van der Waals surface area contributed by atoms with Crippen LogP contribution in [0.5, 0.6) is 0 Å². The molecule has 0 radical (unpaired) electrons. The maximum Gasteiger partial charge on any atom is 0.407 e. The molecule has 4 amide bonds. The van der Waals surface area contributed by atoms with Gasteiger partial charge in [-0.05, 0) is 19.4 Å². The predicted octanol–water partition coefficient (Wildman–Crippen LogP) is 0.0283. The molecule has 29 heavy (non-hydrogen) atoms. The van der Waals surface area contributed by atoms with Crippen LogP contribution < -0.4 is 5.32 Å². The number of hydrogen-bond acceptors (Lipinski definition) is 6. The molecule has 0 spiro atoms. The zero-order chi connectivity index (χ0) is 20.8. The van der Waals surface area contributed by atoms with Gasteiger partial charge in [0.25, 0.3) is 11.8 Å². The van der Waals surface area contributed by atoms with Crippen molar-refractivity contribution in [1.82, 2.24) is 25.0 Å². The maximum atomic E-state index is 13.0. The van der Waals surface area contributed by atoms with Gasteiger partial charge in [0.15, 0.2) is 0 Å². The predicted molar refractivity (Wildman–Crippen MR) is 99.8 cm³/mol. The molecule has 0 saturated carbocycles. The number of nitrogens with one attached hydrogen (secondary N) is 1. The molecule has 1 aromatic heterocycles. The molecule has 1 unspecified atom stereocenters. The molecule has 0 aromatic carbocycles. The van der Waals surface area contributed by atoms with Gasteiger partial charge >= 0.3 is 6.09 Å². The molecule has 3 aliphatic heterocycles. The minimum Gasteiger partial charge on any atom is -0.465 e. The van der Waals surface area contributed by atoms with Crippen LogP contribution in [0.2, 0.25) is 0 Å². The summed E-state index contributed by atoms with van der Waals surface area (Å²) in [7, 11) is 0. The molecule has 10 heteroatoms. The van der Waals surface area contributed by atoms with Gasteiger partial charge in [-0.25, -0.2) is 4.79 Å². The Labute approximate surface area is 167 Å². The first kappa shape index (κ1) is 19.3. The fourth-order valence-electron chi connectivity index (χ4n) is 4.18. The fourth-order valence-corrected chi connectivity index (χ4v) is 4.18. The first-order chi connectivity index (χ1) is 13.8. The van der Waals surface area contributed by atoms with Crippen LogP contribution >= 0.6 is 0 Å². The lowest BCUT2D eigenvalue weighted by Gasteiger charge is -2.39. The number of rotatable bonds is 3. The Kier molecular flexibility index (Phi) is 4.73. The number of carbonyl (C=O) groups excluding carboxylic acids is 3. The molecule has 2 fully saturated rings. The van der Waals surface area contributed by atoms with Gasteiger partial charge in [-0.15, -0.1) is 0 Å². The summed E-state index contributed by atoms with van der Waals surface area (Å²) in [6.45, 7) is 4.53. The lowest BCUT2D eigenvalue weighted by Crippen LogP contribution is -2.61. The van der Waals surface area contributed by atoms with Crippen LogP contribution in [-0.2, 0) is 22.7 Å². The van der Waals surface area contributed by atoms with E-state index in [0.29, 0.717) is 38.3 Å². The van der Waals surface area contributed by atoms with Gasteiger partial charge in [-0.1, -0.05) is 0 Å². The van der Waals surface area contributed by atoms with E-state index in [4.69, 9.17) is 5.11 Å². The van der Waals surface area contributed by atoms with Crippen LogP contribution in [0, 0.1) is 0 Å². The standard InChI is InChI=1S/C19H23N5O5/c1-19(4-2-15(25)21-17(19)27)24-10-13-12(16(24)26)3-5-20-14(13)11-22-6-8-23(9-7-22)18(28)29/h3,5H,2,4,6-11H2,1H3,(H,28,29)(H,21,25,27). The summed E-state index contributed by atoms with van der Waals surface area (Å²) in [5.41, 5.74) is 1.02. The summed E-state index contributed by atoms with van der Waals surface area (Å²) in [6, 6.07) is 1.67. The number of piperidine rings is 1. The second-order valence-corrected chi connectivity index (χ2v) is 7.87. The summed E-state index contributed by atoms with van der Waals surface area (Å²) >= 11 is 0. The fraction of sp³-hybridized carbons (Fsp3) is 0.526. The topological polar surface area (TPSA) is 123 Å². The summed E-state index contributed by atoms with van der Waals surface area (Å²) in [5, 5.41) is 11.4. The summed E-state index contributed by atoms with van der Waals surface area (Å²) < 4.78 is 0. The molecule has 0 bridgehead atoms. The molecule has 2 N–H and O–H groups in total. The van der Waals surface area contributed by atoms with Crippen molar-refractivity contribution >= 4 is 23.8 Å². The number of amides is 4. The van der Waals surface area contributed by atoms with Gasteiger partial charge in [0, 0.05) is 63.0 Å². The number of aromatic nitrogens is 1. The van der Waals surface area contributed by atoms with Crippen molar-refractivity contribution in [3.05, 3.63) is 29.1 Å². The molecule has 1 aromatic rings. The Hall–Kier alpha value is -3.01. The monoisotopic (exact) mass is 401 g/mol. The Balaban J connectivity index is 1.52. The molecule has 3 aliphatic rings. The van der Waals surface area contributed by atoms with Crippen LogP contribution in [0.3, 0.4) is 0 Å². The first-order valence-corrected chi connectivity index (χ1v) is 9.63. The van der Waals surface area contributed by atoms with Crippen molar-refractivity contribution in [3.8, 4) is 0 Å². The summed E-state index contributed by atoms with van der Waals surface area (Å²) in [4.78, 5) is 57.6. The van der Waals surface area contributed by atoms with Gasteiger partial charge in [0.1, 0.15) is 5.54 Å². The highest BCUT2D eigenvalue weighted by Gasteiger charge is 2.49. The smallest absolute Gasteiger partial charge is 0.407 e. The van der Waals surface area contributed by atoms with Crippen molar-refractivity contribution in [1.29, 1.82) is 0 Å². The molecular formula is C19H23N5O5. The van der Waals surface area contributed by atoms with Gasteiger partial charge in [-0.3, -0.25) is 29.6 Å². The molecule has 4 heterocycles. The van der Waals surface area contributed by atoms with E-state index in [0.717, 1.165) is 11.3 Å². The summed E-state index contributed by atoms with van der Waals surface area (Å²) in [6.07, 6.45) is 1.16. The van der Waals surface area contributed by atoms with Crippen LogP contribution in [0.4, 0.5) is 4.79 Å². The number of pyridine rings is 1. The Morgan fingerprint density at radius 2 is 1.97 bits per heavy atom. The molecule has 1 atom stereocenters. The molecular weight excluding hydrogens is 378 g/mol. The van der Waals surface area contributed by atoms with Crippen molar-refractivity contribution in [2.45, 2.75) is 38.4 Å². The van der Waals surface area contributed by atoms with Crippen LogP contribution in [0.1, 0.15) is 41.4 Å². The van der Waals surface area contributed by atoms with E-state index in [9.17, 15) is 19.2 Å². The van der Waals surface area contributed by atoms with Gasteiger partial charge < -0.3 is 14.9 Å². The number of nitrogens with zero attached hydrogens (tertiary/aromatic N) is 4. The van der Waals surface area contributed by atoms with Crippen molar-refractivity contribution in [2.75, 3.05) is 26.2 Å². The minimum absolute atomic E-state index is 0.196. The van der Waals surface area contributed by atoms with Crippen LogP contribution in [0.15, 0.2) is 12.3 Å². The van der Waals surface area contributed by atoms with Crippen molar-refractivity contribution in [2.24, 2.45) is 0 Å². The number of imide groups is 1. The SMILES string of the molecule is CC1(N2Cc3c(ccnc3CN3CCN(C(=O)O)CC3)C2=O)CCC(=O)NC1=O. The number of carboxylic acid groups (broad SMARTS) is 1. The van der Waals surface area contributed by atoms with Crippen molar-refractivity contribution < 1.29 is 24.3 Å². The Morgan fingerprint density at radius 3 is 2.62 bits per heavy atom. The average molecular weight is 401 g/mol. The highest BCUT2D eigenvalue weighted by molar-refractivity contribution is 6.07. The third-order valence-electron chi connectivity index (χ3n) is 6.13. The number of piperazine rings is 1. The van der Waals surface area contributed by atoms with Crippen LogP contribution in [0.25, 0.3) is 0 Å². The zero-order valence-corrected chi connectivity index (χ0v) is 16.2. The number of carbonyl (C=O) groups is 4. The normalized spacial score (nSPS) is 25.2. The highest BCUT2D eigenvalue weighted by atomic mass is 16.4. The van der Waals surface area contributed by atoms with E-state index in [2.05, 4.69) is 15.2 Å². The molecule has 10 nitrogen and oxygen atoms in total. The average Bonchev–Trinajstić information content (AvgIpc) is 3.04. The summed E-state index contributed by atoms with van der Waals surface area (Å²) in [5.74, 6) is -1.000. The quantitative estimate of drug-likeness (QED) is 0.685. The van der Waals surface area contributed by atoms with E-state index in [1.807, 2.05) is 0 Å². The molecule has 4 rings (SSSR count). The molecule has 2 saturated heterocycles. The third kappa shape index (κ3) is 3.33. The third-order valence-corrected chi connectivity index (χ3v) is 6.13. The van der Waals surface area contributed by atoms with Gasteiger partial charge in [0.2, 0.25) is 5.91 Å². The second kappa shape index (κ2) is 7.11. The largest absolute Gasteiger partial charge is 0.465 e. The van der Waals surface area contributed by atoms with E-state index in [1.54, 1.807) is 19.2 Å². The van der Waals surface area contributed by atoms with E-state index >= 15 is 0 Å². The van der Waals surface area contributed by atoms with E-state index in [-0.39, 0.29) is 31.2 Å². The Bertz CT molecular complexity index is 895. The number of hydrogen-bond donors (Lipinski definition) is 2. The van der Waals surface area contributed by atoms with E-state index in [1.165, 1.54) is 9.80 Å². The van der Waals surface area contributed by atoms with Gasteiger partial charge in [-0.2, -0.15) is 0 Å². The highest BCUT2D eigenvalue weighted by Crippen LogP contribution is 2.35.